The second-order valence-electron chi connectivity index (χ2n) is 6.35. The molecule has 1 aliphatic heterocycles. The zero-order valence-corrected chi connectivity index (χ0v) is 16.3. The maximum absolute atomic E-state index is 13.3. The predicted molar refractivity (Wildman–Crippen MR) is 104 cm³/mol. The van der Waals surface area contributed by atoms with Gasteiger partial charge in [0.2, 0.25) is 5.91 Å². The number of hydrogen-bond acceptors (Lipinski definition) is 5. The Morgan fingerprint density at radius 3 is 2.79 bits per heavy atom. The van der Waals surface area contributed by atoms with Crippen molar-refractivity contribution >= 4 is 17.7 Å². The average molecular weight is 404 g/mol. The van der Waals surface area contributed by atoms with Crippen LogP contribution < -0.4 is 10.2 Å². The Hall–Kier alpha value is -2.41. The molecule has 0 aliphatic carbocycles. The highest BCUT2D eigenvalue weighted by Gasteiger charge is 2.19. The van der Waals surface area contributed by atoms with Crippen molar-refractivity contribution in [2.75, 3.05) is 45.1 Å². The van der Waals surface area contributed by atoms with Crippen LogP contribution in [0.4, 0.5) is 4.39 Å². The third kappa shape index (κ3) is 5.55. The molecule has 0 unspecified atom stereocenters. The summed E-state index contributed by atoms with van der Waals surface area (Å²) in [5, 5.41) is 11.8. The number of amides is 1. The molecule has 28 heavy (non-hydrogen) atoms. The lowest BCUT2D eigenvalue weighted by atomic mass is 10.2. The molecule has 1 aromatic heterocycles. The Balaban J connectivity index is 1.75. The highest BCUT2D eigenvalue weighted by Crippen LogP contribution is 2.24. The lowest BCUT2D eigenvalue weighted by Gasteiger charge is -2.24. The molecular formula is C19H23FN5O2S+. The first-order valence-electron chi connectivity index (χ1n) is 9.11. The largest absolute Gasteiger partial charge is 0.370 e. The van der Waals surface area contributed by atoms with Gasteiger partial charge in [0.05, 0.1) is 38.6 Å². The summed E-state index contributed by atoms with van der Waals surface area (Å²) in [6.45, 7) is 5.25. The van der Waals surface area contributed by atoms with E-state index >= 15 is 0 Å². The number of hydrogen-bond donors (Lipinski definition) is 2. The van der Waals surface area contributed by atoms with Crippen LogP contribution in [0.3, 0.4) is 0 Å². The highest BCUT2D eigenvalue weighted by molar-refractivity contribution is 7.99. The summed E-state index contributed by atoms with van der Waals surface area (Å²) in [6, 6.07) is 6.18. The molecule has 0 atom stereocenters. The Morgan fingerprint density at radius 2 is 2.07 bits per heavy atom. The van der Waals surface area contributed by atoms with Gasteiger partial charge in [0.25, 0.3) is 0 Å². The molecule has 1 saturated heterocycles. The van der Waals surface area contributed by atoms with Gasteiger partial charge in [-0.25, -0.2) is 4.39 Å². The number of ether oxygens (including phenoxy) is 1. The maximum Gasteiger partial charge on any atom is 0.231 e. The van der Waals surface area contributed by atoms with Gasteiger partial charge in [0.15, 0.2) is 11.0 Å². The van der Waals surface area contributed by atoms with Crippen molar-refractivity contribution in [3.63, 3.8) is 0 Å². The highest BCUT2D eigenvalue weighted by atomic mass is 32.2. The van der Waals surface area contributed by atoms with Crippen LogP contribution in [0.2, 0.25) is 0 Å². The van der Waals surface area contributed by atoms with Gasteiger partial charge in [-0.2, -0.15) is 0 Å². The summed E-state index contributed by atoms with van der Waals surface area (Å²) in [5.41, 5.74) is 0.787. The summed E-state index contributed by atoms with van der Waals surface area (Å²) in [5.74, 6) is 2.79. The fourth-order valence-corrected chi connectivity index (χ4v) is 3.71. The molecule has 2 aromatic rings. The van der Waals surface area contributed by atoms with E-state index < -0.39 is 0 Å². The monoisotopic (exact) mass is 404 g/mol. The third-order valence-corrected chi connectivity index (χ3v) is 5.39. The molecule has 1 aliphatic rings. The Kier molecular flexibility index (Phi) is 7.42. The number of terminal acetylenes is 1. The zero-order chi connectivity index (χ0) is 19.8. The van der Waals surface area contributed by atoms with Crippen molar-refractivity contribution in [1.82, 2.24) is 20.1 Å². The molecule has 1 aromatic carbocycles. The van der Waals surface area contributed by atoms with E-state index in [1.54, 1.807) is 12.1 Å². The molecule has 2 N–H and O–H groups in total. The van der Waals surface area contributed by atoms with Gasteiger partial charge >= 0.3 is 0 Å². The summed E-state index contributed by atoms with van der Waals surface area (Å²) in [6.07, 6.45) is 5.16. The standard InChI is InChI=1S/C19H22FN5O2S/c1-2-7-21-17(26)14-28-19-23-22-18(15-3-5-16(20)6-4-15)25(19)9-8-24-10-12-27-13-11-24/h1,3-6H,7-14H2,(H,21,26)/p+1. The van der Waals surface area contributed by atoms with Gasteiger partial charge in [0, 0.05) is 5.56 Å². The summed E-state index contributed by atoms with van der Waals surface area (Å²) >= 11 is 1.31. The summed E-state index contributed by atoms with van der Waals surface area (Å²) in [4.78, 5) is 13.3. The Bertz CT molecular complexity index is 828. The fourth-order valence-electron chi connectivity index (χ4n) is 2.92. The molecule has 1 amide bonds. The maximum atomic E-state index is 13.3. The third-order valence-electron chi connectivity index (χ3n) is 4.43. The van der Waals surface area contributed by atoms with Crippen LogP contribution in [0.15, 0.2) is 29.4 Å². The van der Waals surface area contributed by atoms with Gasteiger partial charge in [0.1, 0.15) is 18.9 Å². The van der Waals surface area contributed by atoms with Gasteiger partial charge < -0.3 is 15.0 Å². The quantitative estimate of drug-likeness (QED) is 0.473. The van der Waals surface area contributed by atoms with E-state index in [1.165, 1.54) is 28.8 Å². The number of morpholine rings is 1. The summed E-state index contributed by atoms with van der Waals surface area (Å²) < 4.78 is 20.7. The second-order valence-corrected chi connectivity index (χ2v) is 7.29. The van der Waals surface area contributed by atoms with Crippen LogP contribution in [-0.2, 0) is 16.1 Å². The van der Waals surface area contributed by atoms with Gasteiger partial charge in [-0.1, -0.05) is 17.7 Å². The van der Waals surface area contributed by atoms with Crippen LogP contribution >= 0.6 is 11.8 Å². The molecule has 0 radical (unpaired) electrons. The van der Waals surface area contributed by atoms with E-state index in [0.717, 1.165) is 38.4 Å². The predicted octanol–water partition coefficient (Wildman–Crippen LogP) is -0.159. The van der Waals surface area contributed by atoms with Crippen molar-refractivity contribution in [2.24, 2.45) is 0 Å². The smallest absolute Gasteiger partial charge is 0.231 e. The first kappa shape index (κ1) is 20.3. The van der Waals surface area contributed by atoms with Crippen molar-refractivity contribution in [1.29, 1.82) is 0 Å². The van der Waals surface area contributed by atoms with Crippen LogP contribution in [-0.4, -0.2) is 65.8 Å². The number of benzene rings is 1. The molecule has 9 heteroatoms. The van der Waals surface area contributed by atoms with E-state index in [2.05, 4.69) is 21.4 Å². The molecule has 3 rings (SSSR count). The van der Waals surface area contributed by atoms with Gasteiger partial charge in [-0.3, -0.25) is 9.36 Å². The van der Waals surface area contributed by atoms with Crippen LogP contribution in [0, 0.1) is 18.2 Å². The first-order valence-corrected chi connectivity index (χ1v) is 10.1. The molecular weight excluding hydrogens is 381 g/mol. The lowest BCUT2D eigenvalue weighted by Crippen LogP contribution is -3.14. The second kappa shape index (κ2) is 10.2. The van der Waals surface area contributed by atoms with Crippen molar-refractivity contribution in [2.45, 2.75) is 11.7 Å². The number of halogens is 1. The Morgan fingerprint density at radius 1 is 1.32 bits per heavy atom. The molecule has 7 nitrogen and oxygen atoms in total. The molecule has 148 valence electrons. The number of carbonyl (C=O) groups excluding carboxylic acids is 1. The van der Waals surface area contributed by atoms with Gasteiger partial charge in [-0.05, 0) is 24.3 Å². The Labute approximate surface area is 167 Å². The average Bonchev–Trinajstić information content (AvgIpc) is 3.13. The first-order chi connectivity index (χ1) is 13.7. The molecule has 0 bridgehead atoms. The molecule has 0 saturated carbocycles. The fraction of sp³-hybridized carbons (Fsp3) is 0.421. The van der Waals surface area contributed by atoms with E-state index in [9.17, 15) is 9.18 Å². The number of rotatable bonds is 8. The SMILES string of the molecule is C#CCNC(=O)CSc1nnc(-c2ccc(F)cc2)n1CC[NH+]1CCOCC1. The van der Waals surface area contributed by atoms with Crippen LogP contribution in [0.1, 0.15) is 0 Å². The molecule has 2 heterocycles. The van der Waals surface area contributed by atoms with Crippen molar-refractivity contribution in [3.8, 4) is 23.7 Å². The number of carbonyl (C=O) groups is 1. The number of nitrogens with zero attached hydrogens (tertiary/aromatic N) is 3. The van der Waals surface area contributed by atoms with Gasteiger partial charge in [-0.15, -0.1) is 16.6 Å². The number of thioether (sulfide) groups is 1. The van der Waals surface area contributed by atoms with Crippen LogP contribution in [0.25, 0.3) is 11.4 Å². The zero-order valence-electron chi connectivity index (χ0n) is 15.5. The number of aromatic nitrogens is 3. The minimum absolute atomic E-state index is 0.153. The minimum atomic E-state index is -0.299. The van der Waals surface area contributed by atoms with Crippen molar-refractivity contribution < 1.29 is 18.8 Å². The van der Waals surface area contributed by atoms with E-state index in [1.807, 2.05) is 4.57 Å². The van der Waals surface area contributed by atoms with Crippen LogP contribution in [0.5, 0.6) is 0 Å². The molecule has 0 spiro atoms. The van der Waals surface area contributed by atoms with E-state index in [4.69, 9.17) is 11.2 Å². The number of quaternary nitrogens is 1. The molecule has 1 fully saturated rings. The summed E-state index contributed by atoms with van der Waals surface area (Å²) in [7, 11) is 0. The minimum Gasteiger partial charge on any atom is -0.370 e. The number of nitrogens with one attached hydrogen (secondary N) is 2. The van der Waals surface area contributed by atoms with Crippen molar-refractivity contribution in [3.05, 3.63) is 30.1 Å². The van der Waals surface area contributed by atoms with E-state index in [-0.39, 0.29) is 24.0 Å². The lowest BCUT2D eigenvalue weighted by molar-refractivity contribution is -0.908. The topological polar surface area (TPSA) is 73.5 Å². The normalized spacial score (nSPS) is 14.6. The van der Waals surface area contributed by atoms with E-state index in [0.29, 0.717) is 17.5 Å².